The van der Waals surface area contributed by atoms with E-state index >= 15 is 0 Å². The molecule has 5 rings (SSSR count). The first-order valence-corrected chi connectivity index (χ1v) is 11.6. The van der Waals surface area contributed by atoms with E-state index in [1.165, 1.54) is 0 Å². The number of benzene rings is 2. The number of aromatic carboxylic acids is 1. The van der Waals surface area contributed by atoms with E-state index in [9.17, 15) is 18.0 Å². The van der Waals surface area contributed by atoms with Crippen LogP contribution in [-0.2, 0) is 11.6 Å². The number of halogens is 3. The van der Waals surface area contributed by atoms with Crippen LogP contribution in [0.15, 0.2) is 60.9 Å². The summed E-state index contributed by atoms with van der Waals surface area (Å²) in [6, 6.07) is 13.4. The van der Waals surface area contributed by atoms with Gasteiger partial charge in [0.05, 0.1) is 10.4 Å². The summed E-state index contributed by atoms with van der Waals surface area (Å²) in [5.74, 6) is -1.10. The largest absolute Gasteiger partial charge is 0.478 e. The Balaban J connectivity index is 1.41. The fourth-order valence-electron chi connectivity index (χ4n) is 4.02. The topological polar surface area (TPSA) is 88.0 Å². The summed E-state index contributed by atoms with van der Waals surface area (Å²) in [7, 11) is 0. The SMILES string of the molecule is Cc1cc(Nc2nccc(C(F)(F)F)n2)cc(-c2cnc(C3(c4ccc(C(=O)O)cc4)CC3)s2)c1. The Morgan fingerprint density at radius 3 is 2.49 bits per heavy atom. The Morgan fingerprint density at radius 1 is 1.09 bits per heavy atom. The number of carboxylic acids is 1. The summed E-state index contributed by atoms with van der Waals surface area (Å²) in [6.07, 6.45) is 0.177. The number of thiazole rings is 1. The van der Waals surface area contributed by atoms with Crippen LogP contribution in [0.25, 0.3) is 10.4 Å². The van der Waals surface area contributed by atoms with Gasteiger partial charge < -0.3 is 10.4 Å². The van der Waals surface area contributed by atoms with Crippen LogP contribution in [-0.4, -0.2) is 26.0 Å². The summed E-state index contributed by atoms with van der Waals surface area (Å²) < 4.78 is 39.0. The van der Waals surface area contributed by atoms with E-state index in [1.54, 1.807) is 35.7 Å². The van der Waals surface area contributed by atoms with Gasteiger partial charge in [-0.05, 0) is 66.8 Å². The molecule has 2 heterocycles. The van der Waals surface area contributed by atoms with E-state index in [1.807, 2.05) is 31.2 Å². The summed E-state index contributed by atoms with van der Waals surface area (Å²) in [5, 5.41) is 13.0. The molecule has 2 aromatic heterocycles. The van der Waals surface area contributed by atoms with E-state index < -0.39 is 17.8 Å². The van der Waals surface area contributed by atoms with Gasteiger partial charge in [0.1, 0.15) is 10.7 Å². The maximum Gasteiger partial charge on any atom is 0.433 e. The molecule has 0 bridgehead atoms. The number of hydrogen-bond acceptors (Lipinski definition) is 6. The molecule has 2 aromatic carbocycles. The average Bonchev–Trinajstić information content (AvgIpc) is 3.47. The van der Waals surface area contributed by atoms with Gasteiger partial charge in [-0.3, -0.25) is 0 Å². The number of aromatic nitrogens is 3. The fourth-order valence-corrected chi connectivity index (χ4v) is 5.19. The van der Waals surface area contributed by atoms with Gasteiger partial charge in [-0.25, -0.2) is 19.7 Å². The zero-order valence-electron chi connectivity index (χ0n) is 18.4. The highest BCUT2D eigenvalue weighted by atomic mass is 32.1. The second kappa shape index (κ2) is 8.46. The third-order valence-corrected chi connectivity index (χ3v) is 7.16. The van der Waals surface area contributed by atoms with Crippen LogP contribution >= 0.6 is 11.3 Å². The van der Waals surface area contributed by atoms with Gasteiger partial charge in [0.15, 0.2) is 0 Å². The Kier molecular flexibility index (Phi) is 5.55. The van der Waals surface area contributed by atoms with Crippen LogP contribution in [0.1, 0.15) is 45.0 Å². The van der Waals surface area contributed by atoms with Crippen LogP contribution in [0.4, 0.5) is 24.8 Å². The Labute approximate surface area is 202 Å². The average molecular weight is 497 g/mol. The van der Waals surface area contributed by atoms with Crippen molar-refractivity contribution in [2.45, 2.75) is 31.4 Å². The number of alkyl halides is 3. The molecule has 1 aliphatic rings. The van der Waals surface area contributed by atoms with Gasteiger partial charge in [0, 0.05) is 23.5 Å². The number of nitrogens with one attached hydrogen (secondary N) is 1. The minimum atomic E-state index is -4.55. The highest BCUT2D eigenvalue weighted by Crippen LogP contribution is 2.55. The van der Waals surface area contributed by atoms with E-state index in [4.69, 9.17) is 5.11 Å². The summed E-state index contributed by atoms with van der Waals surface area (Å²) in [6.45, 7) is 1.90. The maximum atomic E-state index is 13.0. The number of hydrogen-bond donors (Lipinski definition) is 2. The van der Waals surface area contributed by atoms with E-state index in [2.05, 4.69) is 20.3 Å². The molecule has 0 spiro atoms. The molecule has 0 amide bonds. The molecule has 0 atom stereocenters. The predicted octanol–water partition coefficient (Wildman–Crippen LogP) is 6.45. The van der Waals surface area contributed by atoms with Gasteiger partial charge in [-0.15, -0.1) is 11.3 Å². The highest BCUT2D eigenvalue weighted by Gasteiger charge is 2.48. The normalized spacial score (nSPS) is 14.5. The van der Waals surface area contributed by atoms with Gasteiger partial charge >= 0.3 is 12.1 Å². The number of anilines is 2. The van der Waals surface area contributed by atoms with Crippen molar-refractivity contribution in [2.75, 3.05) is 5.32 Å². The Hall–Kier alpha value is -3.79. The molecular weight excluding hydrogens is 477 g/mol. The predicted molar refractivity (Wildman–Crippen MR) is 126 cm³/mol. The smallest absolute Gasteiger partial charge is 0.433 e. The molecule has 0 aliphatic heterocycles. The Morgan fingerprint density at radius 2 is 1.83 bits per heavy atom. The molecule has 178 valence electrons. The van der Waals surface area contributed by atoms with E-state index in [0.717, 1.165) is 51.7 Å². The first-order valence-electron chi connectivity index (χ1n) is 10.7. The second-order valence-corrected chi connectivity index (χ2v) is 9.50. The highest BCUT2D eigenvalue weighted by molar-refractivity contribution is 7.15. The van der Waals surface area contributed by atoms with E-state index in [-0.39, 0.29) is 16.9 Å². The molecule has 1 saturated carbocycles. The molecule has 0 radical (unpaired) electrons. The molecule has 0 saturated heterocycles. The van der Waals surface area contributed by atoms with Crippen LogP contribution in [0.2, 0.25) is 0 Å². The maximum absolute atomic E-state index is 13.0. The van der Waals surface area contributed by atoms with Crippen LogP contribution in [0.5, 0.6) is 0 Å². The number of nitrogens with zero attached hydrogens (tertiary/aromatic N) is 3. The zero-order valence-corrected chi connectivity index (χ0v) is 19.2. The first kappa shape index (κ1) is 23.0. The molecule has 2 N–H and O–H groups in total. The van der Waals surface area contributed by atoms with Crippen molar-refractivity contribution < 1.29 is 23.1 Å². The summed E-state index contributed by atoms with van der Waals surface area (Å²) in [4.78, 5) is 24.2. The molecule has 1 aliphatic carbocycles. The van der Waals surface area contributed by atoms with Crippen molar-refractivity contribution in [2.24, 2.45) is 0 Å². The van der Waals surface area contributed by atoms with E-state index in [0.29, 0.717) is 5.69 Å². The standard InChI is InChI=1S/C25H19F3N4O2S/c1-14-10-16(12-18(11-14)31-23-29-9-6-20(32-23)25(26,27)28)19-13-30-22(35-19)24(7-8-24)17-4-2-15(3-5-17)21(33)34/h2-6,9-13H,7-8H2,1H3,(H,33,34)(H,29,31,32). The lowest BCUT2D eigenvalue weighted by Gasteiger charge is -2.13. The third kappa shape index (κ3) is 4.61. The molecule has 0 unspecified atom stereocenters. The van der Waals surface area contributed by atoms with Crippen LogP contribution < -0.4 is 5.32 Å². The lowest BCUT2D eigenvalue weighted by Crippen LogP contribution is -2.10. The molecule has 10 heteroatoms. The van der Waals surface area contributed by atoms with Crippen molar-refractivity contribution >= 4 is 28.9 Å². The van der Waals surface area contributed by atoms with Crippen molar-refractivity contribution in [3.8, 4) is 10.4 Å². The van der Waals surface area contributed by atoms with Crippen molar-refractivity contribution in [1.82, 2.24) is 15.0 Å². The molecule has 4 aromatic rings. The lowest BCUT2D eigenvalue weighted by molar-refractivity contribution is -0.141. The molecule has 6 nitrogen and oxygen atoms in total. The molecule has 1 fully saturated rings. The number of rotatable bonds is 6. The lowest BCUT2D eigenvalue weighted by atomic mass is 9.96. The minimum Gasteiger partial charge on any atom is -0.478 e. The van der Waals surface area contributed by atoms with Crippen LogP contribution in [0.3, 0.4) is 0 Å². The summed E-state index contributed by atoms with van der Waals surface area (Å²) in [5.41, 5.74) is 2.42. The third-order valence-electron chi connectivity index (χ3n) is 5.91. The van der Waals surface area contributed by atoms with Gasteiger partial charge in [0.25, 0.3) is 0 Å². The Bertz CT molecular complexity index is 1410. The van der Waals surface area contributed by atoms with Crippen molar-refractivity contribution in [1.29, 1.82) is 0 Å². The number of carbonyl (C=O) groups is 1. The molecule has 35 heavy (non-hydrogen) atoms. The van der Waals surface area contributed by atoms with Gasteiger partial charge in [0.2, 0.25) is 5.95 Å². The fraction of sp³-hybridized carbons (Fsp3) is 0.200. The monoisotopic (exact) mass is 496 g/mol. The van der Waals surface area contributed by atoms with Gasteiger partial charge in [-0.2, -0.15) is 13.2 Å². The second-order valence-electron chi connectivity index (χ2n) is 8.47. The number of carboxylic acid groups (broad SMARTS) is 1. The van der Waals surface area contributed by atoms with Crippen LogP contribution in [0, 0.1) is 6.92 Å². The van der Waals surface area contributed by atoms with Crippen molar-refractivity contribution in [3.63, 3.8) is 0 Å². The van der Waals surface area contributed by atoms with Gasteiger partial charge in [-0.1, -0.05) is 18.2 Å². The zero-order chi connectivity index (χ0) is 24.8. The minimum absolute atomic E-state index is 0.136. The number of aryl methyl sites for hydroxylation is 1. The van der Waals surface area contributed by atoms with Crippen molar-refractivity contribution in [3.05, 3.63) is 88.3 Å². The first-order chi connectivity index (χ1) is 16.6. The molecular formula is C25H19F3N4O2S. The quantitative estimate of drug-likeness (QED) is 0.319. The summed E-state index contributed by atoms with van der Waals surface area (Å²) >= 11 is 1.56.